The Balaban J connectivity index is 0.00000450. The van der Waals surface area contributed by atoms with E-state index in [1.807, 2.05) is 11.0 Å². The molecule has 1 aromatic heterocycles. The van der Waals surface area contributed by atoms with Crippen molar-refractivity contribution in [1.82, 2.24) is 25.5 Å². The Kier molecular flexibility index (Phi) is 12.6. The molecule has 0 bridgehead atoms. The number of nitrogens with one attached hydrogen (secondary N) is 2. The number of guanidine groups is 1. The lowest BCUT2D eigenvalue weighted by atomic mass is 10.0. The Bertz CT molecular complexity index is 634. The number of carbonyl (C=O) groups is 1. The van der Waals surface area contributed by atoms with Crippen LogP contribution in [0.2, 0.25) is 0 Å². The van der Waals surface area contributed by atoms with Crippen LogP contribution >= 0.6 is 24.0 Å². The number of halogens is 1. The molecule has 2 rings (SSSR count). The summed E-state index contributed by atoms with van der Waals surface area (Å²) in [7, 11) is 1.77. The minimum Gasteiger partial charge on any atom is -0.356 e. The summed E-state index contributed by atoms with van der Waals surface area (Å²) < 4.78 is 0. The van der Waals surface area contributed by atoms with Crippen molar-refractivity contribution in [3.63, 3.8) is 0 Å². The Morgan fingerprint density at radius 2 is 1.80 bits per heavy atom. The predicted octanol–water partition coefficient (Wildman–Crippen LogP) is 2.51. The van der Waals surface area contributed by atoms with Crippen LogP contribution in [0.25, 0.3) is 0 Å². The van der Waals surface area contributed by atoms with E-state index in [4.69, 9.17) is 0 Å². The third-order valence-corrected chi connectivity index (χ3v) is 5.12. The number of aliphatic imine (C=N–C) groups is 1. The maximum absolute atomic E-state index is 12.5. The summed E-state index contributed by atoms with van der Waals surface area (Å²) >= 11 is 0. The summed E-state index contributed by atoms with van der Waals surface area (Å²) in [5, 5.41) is 6.68. The lowest BCUT2D eigenvalue weighted by molar-refractivity contribution is -0.131. The molecule has 0 spiro atoms. The van der Waals surface area contributed by atoms with E-state index < -0.39 is 0 Å². The summed E-state index contributed by atoms with van der Waals surface area (Å²) in [5.41, 5.74) is 0. The average molecular weight is 531 g/mol. The Hall–Kier alpha value is -1.65. The molecule has 1 aliphatic heterocycles. The third kappa shape index (κ3) is 9.44. The maximum atomic E-state index is 12.5. The molecule has 1 atom stereocenters. The smallest absolute Gasteiger partial charge is 0.225 e. The van der Waals surface area contributed by atoms with E-state index in [-0.39, 0.29) is 29.9 Å². The summed E-state index contributed by atoms with van der Waals surface area (Å²) in [6.45, 7) is 10.2. The summed E-state index contributed by atoms with van der Waals surface area (Å²) in [5.74, 6) is 2.42. The van der Waals surface area contributed by atoms with Crippen molar-refractivity contribution in [3.8, 4) is 0 Å². The first-order valence-corrected chi connectivity index (χ1v) is 10.8. The lowest BCUT2D eigenvalue weighted by Gasteiger charge is -2.34. The number of amides is 1. The van der Waals surface area contributed by atoms with Crippen LogP contribution in [0, 0.1) is 5.92 Å². The number of nitrogens with zero attached hydrogens (tertiary/aromatic N) is 5. The van der Waals surface area contributed by atoms with Crippen LogP contribution in [0.3, 0.4) is 0 Å². The van der Waals surface area contributed by atoms with E-state index in [0.29, 0.717) is 32.1 Å². The molecule has 0 saturated carbocycles. The molecule has 8 nitrogen and oxygen atoms in total. The topological polar surface area (TPSA) is 85.8 Å². The molecule has 0 radical (unpaired) electrons. The Morgan fingerprint density at radius 1 is 1.13 bits per heavy atom. The van der Waals surface area contributed by atoms with Crippen molar-refractivity contribution in [3.05, 3.63) is 18.5 Å². The van der Waals surface area contributed by atoms with Crippen LogP contribution in [-0.2, 0) is 4.79 Å². The normalized spacial score (nSPS) is 15.6. The van der Waals surface area contributed by atoms with Gasteiger partial charge in [0.25, 0.3) is 0 Å². The van der Waals surface area contributed by atoms with Crippen molar-refractivity contribution < 1.29 is 4.79 Å². The first-order valence-electron chi connectivity index (χ1n) is 10.8. The van der Waals surface area contributed by atoms with Crippen molar-refractivity contribution in [2.45, 2.75) is 52.5 Å². The second kappa shape index (κ2) is 14.4. The Morgan fingerprint density at radius 3 is 2.40 bits per heavy atom. The molecule has 30 heavy (non-hydrogen) atoms. The van der Waals surface area contributed by atoms with Crippen LogP contribution in [0.1, 0.15) is 46.5 Å². The first kappa shape index (κ1) is 26.4. The van der Waals surface area contributed by atoms with Crippen LogP contribution in [-0.4, -0.2) is 72.5 Å². The highest BCUT2D eigenvalue weighted by Gasteiger charge is 2.22. The van der Waals surface area contributed by atoms with Gasteiger partial charge in [-0.05, 0) is 25.3 Å². The van der Waals surface area contributed by atoms with Crippen molar-refractivity contribution in [2.75, 3.05) is 44.7 Å². The highest BCUT2D eigenvalue weighted by atomic mass is 127. The molecule has 2 heterocycles. The van der Waals surface area contributed by atoms with Crippen LogP contribution in [0.4, 0.5) is 5.95 Å². The zero-order chi connectivity index (χ0) is 21.1. The van der Waals surface area contributed by atoms with Crippen LogP contribution in [0.15, 0.2) is 23.5 Å². The number of rotatable bonds is 9. The van der Waals surface area contributed by atoms with Gasteiger partial charge in [-0.3, -0.25) is 9.79 Å². The van der Waals surface area contributed by atoms with Crippen LogP contribution < -0.4 is 15.5 Å². The second-order valence-electron chi connectivity index (χ2n) is 8.04. The fourth-order valence-corrected chi connectivity index (χ4v) is 3.39. The molecule has 0 aliphatic carbocycles. The van der Waals surface area contributed by atoms with E-state index in [1.165, 1.54) is 12.8 Å². The number of anilines is 1. The molecule has 1 aliphatic rings. The van der Waals surface area contributed by atoms with E-state index in [1.54, 1.807) is 19.4 Å². The zero-order valence-electron chi connectivity index (χ0n) is 18.8. The zero-order valence-corrected chi connectivity index (χ0v) is 21.1. The molecule has 1 unspecified atom stereocenters. The lowest BCUT2D eigenvalue weighted by Crippen LogP contribution is -2.50. The van der Waals surface area contributed by atoms with E-state index in [2.05, 4.69) is 51.3 Å². The minimum atomic E-state index is 0. The summed E-state index contributed by atoms with van der Waals surface area (Å²) in [6, 6.07) is 2.18. The highest BCUT2D eigenvalue weighted by Crippen LogP contribution is 2.10. The number of carbonyl (C=O) groups excluding carboxylic acids is 1. The number of hydrogen-bond acceptors (Lipinski definition) is 5. The standard InChI is InChI=1S/C21H37N7O.HI/c1-17(2)7-5-8-18(3)26-20(22-4)23-12-9-19(29)27-13-15-28(16-14-27)21-24-10-6-11-25-21;/h6,10-11,17-18H,5,7-9,12-16H2,1-4H3,(H2,22,23,26);1H. The Labute approximate surface area is 198 Å². The van der Waals surface area contributed by atoms with Crippen LogP contribution in [0.5, 0.6) is 0 Å². The van der Waals surface area contributed by atoms with Crippen molar-refractivity contribution >= 4 is 41.8 Å². The molecule has 9 heteroatoms. The van der Waals surface area contributed by atoms with Crippen molar-refractivity contribution in [1.29, 1.82) is 0 Å². The molecule has 170 valence electrons. The molecule has 0 aromatic carbocycles. The SMILES string of the molecule is CN=C(NCCC(=O)N1CCN(c2ncccn2)CC1)NC(C)CCCC(C)C.I. The minimum absolute atomic E-state index is 0. The van der Waals surface area contributed by atoms with Gasteiger partial charge in [0.15, 0.2) is 5.96 Å². The number of piperazine rings is 1. The van der Waals surface area contributed by atoms with Gasteiger partial charge in [-0.25, -0.2) is 9.97 Å². The van der Waals surface area contributed by atoms with Gasteiger partial charge in [-0.2, -0.15) is 0 Å². The van der Waals surface area contributed by atoms with Gasteiger partial charge in [0.05, 0.1) is 0 Å². The van der Waals surface area contributed by atoms with E-state index >= 15 is 0 Å². The van der Waals surface area contributed by atoms with E-state index in [9.17, 15) is 4.79 Å². The molecule has 1 aromatic rings. The van der Waals surface area contributed by atoms with Gasteiger partial charge in [0.2, 0.25) is 11.9 Å². The molecule has 1 saturated heterocycles. The molecular weight excluding hydrogens is 493 g/mol. The van der Waals surface area contributed by atoms with Gasteiger partial charge in [0.1, 0.15) is 0 Å². The van der Waals surface area contributed by atoms with Gasteiger partial charge in [0, 0.05) is 64.6 Å². The first-order chi connectivity index (χ1) is 14.0. The average Bonchev–Trinajstić information content (AvgIpc) is 2.73. The number of hydrogen-bond donors (Lipinski definition) is 2. The predicted molar refractivity (Wildman–Crippen MR) is 134 cm³/mol. The maximum Gasteiger partial charge on any atom is 0.225 e. The quantitative estimate of drug-likeness (QED) is 0.290. The highest BCUT2D eigenvalue weighted by molar-refractivity contribution is 14.0. The molecule has 1 amide bonds. The molecule has 2 N–H and O–H groups in total. The number of aromatic nitrogens is 2. The monoisotopic (exact) mass is 531 g/mol. The largest absolute Gasteiger partial charge is 0.356 e. The fraction of sp³-hybridized carbons (Fsp3) is 0.714. The summed E-state index contributed by atoms with van der Waals surface area (Å²) in [6.07, 6.45) is 7.53. The van der Waals surface area contributed by atoms with Gasteiger partial charge in [-0.1, -0.05) is 26.7 Å². The molecular formula is C21H38IN7O. The third-order valence-electron chi connectivity index (χ3n) is 5.12. The molecule has 1 fully saturated rings. The summed E-state index contributed by atoms with van der Waals surface area (Å²) in [4.78, 5) is 29.4. The second-order valence-corrected chi connectivity index (χ2v) is 8.04. The van der Waals surface area contributed by atoms with Gasteiger partial charge < -0.3 is 20.4 Å². The fourth-order valence-electron chi connectivity index (χ4n) is 3.39. The van der Waals surface area contributed by atoms with E-state index in [0.717, 1.165) is 37.3 Å². The van der Waals surface area contributed by atoms with Crippen molar-refractivity contribution in [2.24, 2.45) is 10.9 Å². The van der Waals surface area contributed by atoms with Gasteiger partial charge >= 0.3 is 0 Å². The van der Waals surface area contributed by atoms with Gasteiger partial charge in [-0.15, -0.1) is 24.0 Å².